The van der Waals surface area contributed by atoms with E-state index in [0.29, 0.717) is 13.2 Å². The highest BCUT2D eigenvalue weighted by Gasteiger charge is 2.27. The van der Waals surface area contributed by atoms with E-state index in [4.69, 9.17) is 10.5 Å². The van der Waals surface area contributed by atoms with Gasteiger partial charge in [0.15, 0.2) is 0 Å². The van der Waals surface area contributed by atoms with E-state index < -0.39 is 0 Å². The molecular formula is C16H28N2O. The highest BCUT2D eigenvalue weighted by Crippen LogP contribution is 2.31. The molecule has 0 aliphatic rings. The third-order valence-corrected chi connectivity index (χ3v) is 3.75. The summed E-state index contributed by atoms with van der Waals surface area (Å²) in [6, 6.07) is 8.24. The van der Waals surface area contributed by atoms with Gasteiger partial charge < -0.3 is 10.5 Å². The van der Waals surface area contributed by atoms with Crippen LogP contribution < -0.4 is 10.5 Å². The van der Waals surface area contributed by atoms with Crippen molar-refractivity contribution in [1.29, 1.82) is 0 Å². The van der Waals surface area contributed by atoms with Gasteiger partial charge in [-0.15, -0.1) is 0 Å². The summed E-state index contributed by atoms with van der Waals surface area (Å²) in [5.41, 5.74) is 7.03. The van der Waals surface area contributed by atoms with Crippen molar-refractivity contribution in [3.8, 4) is 5.75 Å². The van der Waals surface area contributed by atoms with Crippen molar-refractivity contribution < 1.29 is 4.74 Å². The van der Waals surface area contributed by atoms with Crippen LogP contribution in [-0.4, -0.2) is 37.7 Å². The van der Waals surface area contributed by atoms with Crippen LogP contribution in [0.2, 0.25) is 0 Å². The van der Waals surface area contributed by atoms with Gasteiger partial charge in [-0.3, -0.25) is 4.90 Å². The van der Waals surface area contributed by atoms with E-state index in [9.17, 15) is 0 Å². The zero-order valence-corrected chi connectivity index (χ0v) is 13.2. The second-order valence-electron chi connectivity index (χ2n) is 6.63. The maximum Gasteiger partial charge on any atom is 0.123 e. The second-order valence-corrected chi connectivity index (χ2v) is 6.63. The normalized spacial score (nSPS) is 15.4. The molecule has 0 saturated carbocycles. The Morgan fingerprint density at radius 2 is 1.68 bits per heavy atom. The topological polar surface area (TPSA) is 38.5 Å². The zero-order valence-electron chi connectivity index (χ0n) is 13.2. The van der Waals surface area contributed by atoms with Crippen LogP contribution in [0.15, 0.2) is 24.3 Å². The minimum Gasteiger partial charge on any atom is -0.491 e. The Bertz CT molecular complexity index is 409. The van der Waals surface area contributed by atoms with Crippen LogP contribution in [0.4, 0.5) is 0 Å². The molecule has 0 aromatic heterocycles. The third kappa shape index (κ3) is 3.95. The first-order valence-electron chi connectivity index (χ1n) is 6.80. The Hall–Kier alpha value is -1.06. The van der Waals surface area contributed by atoms with Gasteiger partial charge in [0.25, 0.3) is 0 Å². The summed E-state index contributed by atoms with van der Waals surface area (Å²) < 4.78 is 6.06. The molecule has 3 heteroatoms. The van der Waals surface area contributed by atoms with Gasteiger partial charge in [-0.1, -0.05) is 39.0 Å². The smallest absolute Gasteiger partial charge is 0.123 e. The molecule has 2 N–H and O–H groups in total. The lowest BCUT2D eigenvalue weighted by molar-refractivity contribution is 0.103. The molecule has 0 bridgehead atoms. The first-order valence-corrected chi connectivity index (χ1v) is 6.80. The summed E-state index contributed by atoms with van der Waals surface area (Å²) in [6.45, 7) is 9.86. The molecular weight excluding hydrogens is 236 g/mol. The Morgan fingerprint density at radius 1 is 1.11 bits per heavy atom. The summed E-state index contributed by atoms with van der Waals surface area (Å²) in [7, 11) is 4.07. The molecule has 3 nitrogen and oxygen atoms in total. The van der Waals surface area contributed by atoms with Crippen LogP contribution in [0.5, 0.6) is 5.75 Å². The minimum atomic E-state index is -0.148. The van der Waals surface area contributed by atoms with Crippen molar-refractivity contribution in [2.45, 2.75) is 38.6 Å². The van der Waals surface area contributed by atoms with E-state index in [1.807, 2.05) is 26.2 Å². The molecule has 0 amide bonds. The van der Waals surface area contributed by atoms with Crippen LogP contribution in [0, 0.1) is 0 Å². The van der Waals surface area contributed by atoms with E-state index in [2.05, 4.69) is 44.7 Å². The highest BCUT2D eigenvalue weighted by molar-refractivity contribution is 5.38. The molecule has 1 aromatic carbocycles. The summed E-state index contributed by atoms with van der Waals surface area (Å²) in [6.07, 6.45) is 0. The van der Waals surface area contributed by atoms with Gasteiger partial charge in [-0.25, -0.2) is 0 Å². The quantitative estimate of drug-likeness (QED) is 0.888. The number of nitrogens with zero attached hydrogens (tertiary/aromatic N) is 1. The Kier molecular flexibility index (Phi) is 4.99. The number of hydrogen-bond acceptors (Lipinski definition) is 3. The number of rotatable bonds is 5. The first kappa shape index (κ1) is 16.0. The molecule has 1 atom stereocenters. The minimum absolute atomic E-state index is 0.0772. The molecule has 19 heavy (non-hydrogen) atoms. The van der Waals surface area contributed by atoms with Crippen molar-refractivity contribution in [2.24, 2.45) is 5.73 Å². The van der Waals surface area contributed by atoms with E-state index >= 15 is 0 Å². The predicted octanol–water partition coefficient (Wildman–Crippen LogP) is 2.64. The summed E-state index contributed by atoms with van der Waals surface area (Å²) >= 11 is 0. The molecule has 0 radical (unpaired) electrons. The zero-order chi connectivity index (χ0) is 14.7. The molecule has 108 valence electrons. The summed E-state index contributed by atoms with van der Waals surface area (Å²) in [4.78, 5) is 2.12. The average Bonchev–Trinajstić information content (AvgIpc) is 2.35. The maximum absolute atomic E-state index is 6.06. The fraction of sp³-hybridized carbons (Fsp3) is 0.625. The number of nitrogens with two attached hydrogens (primary N) is 1. The average molecular weight is 264 g/mol. The molecule has 1 aromatic rings. The van der Waals surface area contributed by atoms with Gasteiger partial charge in [0.1, 0.15) is 12.4 Å². The van der Waals surface area contributed by atoms with E-state index in [-0.39, 0.29) is 11.0 Å². The Labute approximate surface area is 117 Å². The Balaban J connectivity index is 2.90. The monoisotopic (exact) mass is 264 g/mol. The van der Waals surface area contributed by atoms with Gasteiger partial charge in [0.2, 0.25) is 0 Å². The number of ether oxygens (including phenoxy) is 1. The second kappa shape index (κ2) is 5.93. The van der Waals surface area contributed by atoms with Gasteiger partial charge in [0, 0.05) is 6.54 Å². The van der Waals surface area contributed by atoms with Crippen molar-refractivity contribution in [3.63, 3.8) is 0 Å². The number of para-hydroxylation sites is 1. The van der Waals surface area contributed by atoms with Gasteiger partial charge >= 0.3 is 0 Å². The van der Waals surface area contributed by atoms with Crippen LogP contribution in [-0.2, 0) is 5.41 Å². The highest BCUT2D eigenvalue weighted by atomic mass is 16.5. The number of benzene rings is 1. The fourth-order valence-corrected chi connectivity index (χ4v) is 1.82. The predicted molar refractivity (Wildman–Crippen MR) is 81.8 cm³/mol. The van der Waals surface area contributed by atoms with Crippen molar-refractivity contribution in [2.75, 3.05) is 27.2 Å². The van der Waals surface area contributed by atoms with E-state index in [1.54, 1.807) is 0 Å². The van der Waals surface area contributed by atoms with Crippen molar-refractivity contribution >= 4 is 0 Å². The van der Waals surface area contributed by atoms with Gasteiger partial charge in [0.05, 0.1) is 5.54 Å². The largest absolute Gasteiger partial charge is 0.491 e. The summed E-state index contributed by atoms with van der Waals surface area (Å²) in [5.74, 6) is 0.955. The summed E-state index contributed by atoms with van der Waals surface area (Å²) in [5, 5.41) is 0. The maximum atomic E-state index is 6.06. The fourth-order valence-electron chi connectivity index (χ4n) is 1.82. The molecule has 1 rings (SSSR count). The molecule has 0 fully saturated rings. The molecule has 0 heterocycles. The van der Waals surface area contributed by atoms with E-state index in [0.717, 1.165) is 5.75 Å². The van der Waals surface area contributed by atoms with Gasteiger partial charge in [-0.05, 0) is 38.1 Å². The van der Waals surface area contributed by atoms with E-state index in [1.165, 1.54) is 5.56 Å². The SMILES string of the molecule is CN(C)C(C)(CN)COc1ccccc1C(C)(C)C. The van der Waals surface area contributed by atoms with Gasteiger partial charge in [-0.2, -0.15) is 0 Å². The Morgan fingerprint density at radius 3 is 2.16 bits per heavy atom. The standard InChI is InChI=1S/C16H28N2O/c1-15(2,3)13-9-7-8-10-14(13)19-12-16(4,11-17)18(5)6/h7-10H,11-12,17H2,1-6H3. The molecule has 0 spiro atoms. The van der Waals surface area contributed by atoms with Crippen LogP contribution in [0.1, 0.15) is 33.3 Å². The lowest BCUT2D eigenvalue weighted by Crippen LogP contribution is -2.52. The van der Waals surface area contributed by atoms with Crippen LogP contribution >= 0.6 is 0 Å². The van der Waals surface area contributed by atoms with Crippen LogP contribution in [0.25, 0.3) is 0 Å². The lowest BCUT2D eigenvalue weighted by Gasteiger charge is -2.35. The molecule has 0 aliphatic heterocycles. The molecule has 0 aliphatic carbocycles. The number of likely N-dealkylation sites (N-methyl/N-ethyl adjacent to an activating group) is 1. The first-order chi connectivity index (χ1) is 8.70. The lowest BCUT2D eigenvalue weighted by atomic mass is 9.86. The van der Waals surface area contributed by atoms with Crippen molar-refractivity contribution in [1.82, 2.24) is 4.90 Å². The van der Waals surface area contributed by atoms with Crippen molar-refractivity contribution in [3.05, 3.63) is 29.8 Å². The molecule has 1 unspecified atom stereocenters. The third-order valence-electron chi connectivity index (χ3n) is 3.75. The van der Waals surface area contributed by atoms with Crippen LogP contribution in [0.3, 0.4) is 0 Å². The molecule has 0 saturated heterocycles. The number of hydrogen-bond donors (Lipinski definition) is 1.